The molecule has 2 aromatic heterocycles. The number of piperidine rings is 1. The zero-order valence-corrected chi connectivity index (χ0v) is 12.6. The summed E-state index contributed by atoms with van der Waals surface area (Å²) >= 11 is 0. The van der Waals surface area contributed by atoms with Crippen LogP contribution in [0, 0.1) is 0 Å². The molecule has 1 amide bonds. The molecule has 0 aliphatic carbocycles. The molecule has 118 valence electrons. The summed E-state index contributed by atoms with van der Waals surface area (Å²) in [4.78, 5) is 18.0. The highest BCUT2D eigenvalue weighted by atomic mass is 16.3. The van der Waals surface area contributed by atoms with Crippen LogP contribution >= 0.6 is 0 Å². The standard InChI is InChI=1S/C17H18N4O2/c22-11-5-8-21(9-6-11)17(23)12-2-1-3-14-13(12)10-16(19-14)15-4-7-18-20-15/h1-4,7,10-11,19,22H,5-6,8-9H2,(H,18,20). The molecular weight excluding hydrogens is 292 g/mol. The fourth-order valence-corrected chi connectivity index (χ4v) is 3.13. The third-order valence-corrected chi connectivity index (χ3v) is 4.42. The van der Waals surface area contributed by atoms with Crippen molar-refractivity contribution >= 4 is 16.8 Å². The van der Waals surface area contributed by atoms with E-state index >= 15 is 0 Å². The molecule has 3 heterocycles. The summed E-state index contributed by atoms with van der Waals surface area (Å²) in [6, 6.07) is 9.56. The molecule has 3 aromatic rings. The normalized spacial score (nSPS) is 16.1. The van der Waals surface area contributed by atoms with Crippen molar-refractivity contribution in [3.05, 3.63) is 42.1 Å². The van der Waals surface area contributed by atoms with Gasteiger partial charge in [0.05, 0.1) is 11.8 Å². The van der Waals surface area contributed by atoms with Gasteiger partial charge >= 0.3 is 0 Å². The number of aromatic amines is 2. The van der Waals surface area contributed by atoms with E-state index in [9.17, 15) is 9.90 Å². The molecule has 0 unspecified atom stereocenters. The summed E-state index contributed by atoms with van der Waals surface area (Å²) < 4.78 is 0. The van der Waals surface area contributed by atoms with E-state index in [1.165, 1.54) is 0 Å². The number of nitrogens with zero attached hydrogens (tertiary/aromatic N) is 2. The Morgan fingerprint density at radius 3 is 2.83 bits per heavy atom. The van der Waals surface area contributed by atoms with Crippen molar-refractivity contribution in [2.24, 2.45) is 0 Å². The molecule has 1 aliphatic rings. The van der Waals surface area contributed by atoms with Gasteiger partial charge < -0.3 is 15.0 Å². The van der Waals surface area contributed by atoms with Crippen LogP contribution in [0.25, 0.3) is 22.3 Å². The van der Waals surface area contributed by atoms with Crippen molar-refractivity contribution in [2.45, 2.75) is 18.9 Å². The Morgan fingerprint density at radius 1 is 1.26 bits per heavy atom. The van der Waals surface area contributed by atoms with E-state index in [1.54, 1.807) is 6.20 Å². The van der Waals surface area contributed by atoms with Crippen LogP contribution in [0.2, 0.25) is 0 Å². The van der Waals surface area contributed by atoms with E-state index in [0.29, 0.717) is 31.5 Å². The van der Waals surface area contributed by atoms with Gasteiger partial charge in [-0.1, -0.05) is 6.07 Å². The molecule has 1 aliphatic heterocycles. The Bertz CT molecular complexity index is 830. The lowest BCUT2D eigenvalue weighted by atomic mass is 10.0. The minimum Gasteiger partial charge on any atom is -0.393 e. The summed E-state index contributed by atoms with van der Waals surface area (Å²) in [5, 5.41) is 17.5. The number of fused-ring (bicyclic) bond motifs is 1. The van der Waals surface area contributed by atoms with Crippen LogP contribution in [0.4, 0.5) is 0 Å². The number of aliphatic hydroxyl groups excluding tert-OH is 1. The molecule has 0 saturated carbocycles. The fourth-order valence-electron chi connectivity index (χ4n) is 3.13. The molecule has 0 spiro atoms. The number of aliphatic hydroxyl groups is 1. The number of likely N-dealkylation sites (tertiary alicyclic amines) is 1. The van der Waals surface area contributed by atoms with Crippen LogP contribution in [0.3, 0.4) is 0 Å². The molecular formula is C17H18N4O2. The monoisotopic (exact) mass is 310 g/mol. The van der Waals surface area contributed by atoms with E-state index in [-0.39, 0.29) is 12.0 Å². The predicted octanol–water partition coefficient (Wildman–Crippen LogP) is 2.15. The summed E-state index contributed by atoms with van der Waals surface area (Å²) in [5.74, 6) is 0.0232. The van der Waals surface area contributed by atoms with Crippen molar-refractivity contribution in [1.82, 2.24) is 20.1 Å². The fraction of sp³-hybridized carbons (Fsp3) is 0.294. The first kappa shape index (κ1) is 14.0. The van der Waals surface area contributed by atoms with Crippen LogP contribution in [0.15, 0.2) is 36.5 Å². The molecule has 1 aromatic carbocycles. The highest BCUT2D eigenvalue weighted by Crippen LogP contribution is 2.26. The van der Waals surface area contributed by atoms with Gasteiger partial charge in [-0.15, -0.1) is 0 Å². The Morgan fingerprint density at radius 2 is 2.09 bits per heavy atom. The average Bonchev–Trinajstić information content (AvgIpc) is 3.23. The second-order valence-corrected chi connectivity index (χ2v) is 5.93. The molecule has 0 atom stereocenters. The number of amides is 1. The Hall–Kier alpha value is -2.60. The molecule has 1 fully saturated rings. The van der Waals surface area contributed by atoms with Gasteiger partial charge in [0.1, 0.15) is 5.69 Å². The molecule has 6 heteroatoms. The zero-order valence-electron chi connectivity index (χ0n) is 12.6. The lowest BCUT2D eigenvalue weighted by molar-refractivity contribution is 0.0548. The van der Waals surface area contributed by atoms with Crippen LogP contribution in [0.5, 0.6) is 0 Å². The van der Waals surface area contributed by atoms with Crippen LogP contribution in [-0.4, -0.2) is 50.3 Å². The van der Waals surface area contributed by atoms with E-state index in [0.717, 1.165) is 22.3 Å². The quantitative estimate of drug-likeness (QED) is 0.678. The minimum absolute atomic E-state index is 0.0232. The minimum atomic E-state index is -0.284. The first-order chi connectivity index (χ1) is 11.2. The Balaban J connectivity index is 1.71. The number of H-pyrrole nitrogens is 2. The maximum Gasteiger partial charge on any atom is 0.254 e. The number of nitrogens with one attached hydrogen (secondary N) is 2. The first-order valence-electron chi connectivity index (χ1n) is 7.81. The summed E-state index contributed by atoms with van der Waals surface area (Å²) in [6.07, 6.45) is 2.78. The van der Waals surface area contributed by atoms with E-state index < -0.39 is 0 Å². The van der Waals surface area contributed by atoms with Crippen molar-refractivity contribution in [3.63, 3.8) is 0 Å². The Kier molecular flexibility index (Phi) is 3.38. The molecule has 0 radical (unpaired) electrons. The van der Waals surface area contributed by atoms with Gasteiger partial charge in [0.25, 0.3) is 5.91 Å². The molecule has 4 rings (SSSR count). The van der Waals surface area contributed by atoms with Gasteiger partial charge in [0.15, 0.2) is 0 Å². The number of rotatable bonds is 2. The van der Waals surface area contributed by atoms with Crippen LogP contribution < -0.4 is 0 Å². The largest absolute Gasteiger partial charge is 0.393 e. The van der Waals surface area contributed by atoms with Crippen molar-refractivity contribution < 1.29 is 9.90 Å². The average molecular weight is 310 g/mol. The SMILES string of the molecule is O=C(c1cccc2[nH]c(-c3cc[nH]n3)cc12)N1CCC(O)CC1. The Labute approximate surface area is 133 Å². The van der Waals surface area contributed by atoms with Crippen LogP contribution in [0.1, 0.15) is 23.2 Å². The third-order valence-electron chi connectivity index (χ3n) is 4.42. The van der Waals surface area contributed by atoms with Gasteiger partial charge in [-0.2, -0.15) is 5.10 Å². The highest BCUT2D eigenvalue weighted by molar-refractivity contribution is 6.07. The number of carbonyl (C=O) groups is 1. The second-order valence-electron chi connectivity index (χ2n) is 5.93. The number of hydrogen-bond acceptors (Lipinski definition) is 3. The lowest BCUT2D eigenvalue weighted by Gasteiger charge is -2.29. The maximum atomic E-state index is 12.8. The third kappa shape index (κ3) is 2.51. The maximum absolute atomic E-state index is 12.8. The topological polar surface area (TPSA) is 85.0 Å². The summed E-state index contributed by atoms with van der Waals surface area (Å²) in [6.45, 7) is 1.21. The van der Waals surface area contributed by atoms with Crippen molar-refractivity contribution in [1.29, 1.82) is 0 Å². The first-order valence-corrected chi connectivity index (χ1v) is 7.81. The smallest absolute Gasteiger partial charge is 0.254 e. The van der Waals surface area contributed by atoms with E-state index in [1.807, 2.05) is 35.2 Å². The van der Waals surface area contributed by atoms with Gasteiger partial charge in [-0.05, 0) is 37.1 Å². The number of benzene rings is 1. The van der Waals surface area contributed by atoms with Crippen molar-refractivity contribution in [2.75, 3.05) is 13.1 Å². The zero-order chi connectivity index (χ0) is 15.8. The number of hydrogen-bond donors (Lipinski definition) is 3. The summed E-state index contributed by atoms with van der Waals surface area (Å²) in [7, 11) is 0. The molecule has 23 heavy (non-hydrogen) atoms. The van der Waals surface area contributed by atoms with Crippen LogP contribution in [-0.2, 0) is 0 Å². The lowest BCUT2D eigenvalue weighted by Crippen LogP contribution is -2.40. The highest BCUT2D eigenvalue weighted by Gasteiger charge is 2.24. The van der Waals surface area contributed by atoms with Gasteiger partial charge in [-0.25, -0.2) is 0 Å². The van der Waals surface area contributed by atoms with Gasteiger partial charge in [0, 0.05) is 35.8 Å². The number of carbonyl (C=O) groups excluding carboxylic acids is 1. The molecule has 3 N–H and O–H groups in total. The van der Waals surface area contributed by atoms with Crippen molar-refractivity contribution in [3.8, 4) is 11.4 Å². The van der Waals surface area contributed by atoms with E-state index in [4.69, 9.17) is 0 Å². The molecule has 6 nitrogen and oxygen atoms in total. The second kappa shape index (κ2) is 5.55. The van der Waals surface area contributed by atoms with Gasteiger partial charge in [0.2, 0.25) is 0 Å². The predicted molar refractivity (Wildman–Crippen MR) is 87.0 cm³/mol. The molecule has 0 bridgehead atoms. The molecule has 1 saturated heterocycles. The number of aromatic nitrogens is 3. The summed E-state index contributed by atoms with van der Waals surface area (Å²) in [5.41, 5.74) is 3.32. The van der Waals surface area contributed by atoms with Gasteiger partial charge in [-0.3, -0.25) is 9.89 Å². The van der Waals surface area contributed by atoms with E-state index in [2.05, 4.69) is 15.2 Å².